The van der Waals surface area contributed by atoms with Crippen molar-refractivity contribution >= 4 is 11.9 Å². The van der Waals surface area contributed by atoms with Crippen LogP contribution in [0.4, 0.5) is 0 Å². The second-order valence-electron chi connectivity index (χ2n) is 3.82. The van der Waals surface area contributed by atoms with Crippen LogP contribution in [0.25, 0.3) is 0 Å². The lowest BCUT2D eigenvalue weighted by Crippen LogP contribution is -2.15. The number of carboxylic acid groups (broad SMARTS) is 2. The molecule has 0 aliphatic rings. The van der Waals surface area contributed by atoms with E-state index < -0.39 is 17.9 Å². The van der Waals surface area contributed by atoms with E-state index in [0.29, 0.717) is 0 Å². The minimum atomic E-state index is -1.08. The minimum Gasteiger partial charge on any atom is -0.481 e. The van der Waals surface area contributed by atoms with Crippen molar-refractivity contribution in [1.29, 1.82) is 0 Å². The van der Waals surface area contributed by atoms with Gasteiger partial charge in [-0.1, -0.05) is 38.3 Å². The number of carbonyl (C=O) groups is 2. The van der Waals surface area contributed by atoms with Gasteiger partial charge in [0.2, 0.25) is 0 Å². The highest BCUT2D eigenvalue weighted by Crippen LogP contribution is 2.08. The van der Waals surface area contributed by atoms with Crippen LogP contribution in [0.3, 0.4) is 0 Å². The molecule has 0 bridgehead atoms. The summed E-state index contributed by atoms with van der Waals surface area (Å²) in [6.45, 7) is 2.13. The summed E-state index contributed by atoms with van der Waals surface area (Å²) in [5.41, 5.74) is 0. The van der Waals surface area contributed by atoms with Crippen molar-refractivity contribution in [3.05, 3.63) is 12.2 Å². The molecule has 0 saturated carbocycles. The zero-order valence-electron chi connectivity index (χ0n) is 10.4. The Hall–Kier alpha value is -1.36. The molecule has 0 saturated heterocycles. The Morgan fingerprint density at radius 2 is 1.82 bits per heavy atom. The lowest BCUT2D eigenvalue weighted by atomic mass is 10.0. The molecule has 1 unspecified atom stereocenters. The maximum Gasteiger partial charge on any atom is 0.310 e. The molecule has 17 heavy (non-hydrogen) atoms. The molecule has 0 heterocycles. The van der Waals surface area contributed by atoms with Crippen molar-refractivity contribution in [3.63, 3.8) is 0 Å². The van der Waals surface area contributed by atoms with Gasteiger partial charge in [0.1, 0.15) is 0 Å². The first kappa shape index (κ1) is 18.0. The van der Waals surface area contributed by atoms with Gasteiger partial charge in [0.25, 0.3) is 0 Å². The predicted octanol–water partition coefficient (Wildman–Crippen LogP) is 2.85. The van der Waals surface area contributed by atoms with E-state index in [2.05, 4.69) is 6.92 Å². The number of allylic oxidation sites excluding steroid dienone is 1. The van der Waals surface area contributed by atoms with E-state index in [9.17, 15) is 9.59 Å². The van der Waals surface area contributed by atoms with Gasteiger partial charge in [0.05, 0.1) is 12.3 Å². The second-order valence-corrected chi connectivity index (χ2v) is 3.82. The fourth-order valence-corrected chi connectivity index (χ4v) is 1.38. The van der Waals surface area contributed by atoms with E-state index >= 15 is 0 Å². The first-order chi connectivity index (χ1) is 7.57. The van der Waals surface area contributed by atoms with Crippen LogP contribution in [-0.4, -0.2) is 22.2 Å². The molecule has 0 amide bonds. The molecule has 0 aromatic rings. The van der Waals surface area contributed by atoms with Crippen LogP contribution in [0, 0.1) is 5.92 Å². The molecule has 5 nitrogen and oxygen atoms in total. The zero-order chi connectivity index (χ0) is 12.4. The molecule has 0 aliphatic carbocycles. The second kappa shape index (κ2) is 11.1. The van der Waals surface area contributed by atoms with Crippen LogP contribution in [0.1, 0.15) is 45.4 Å². The van der Waals surface area contributed by atoms with Crippen molar-refractivity contribution in [3.8, 4) is 0 Å². The third kappa shape index (κ3) is 10.9. The smallest absolute Gasteiger partial charge is 0.310 e. The molecule has 0 aliphatic heterocycles. The van der Waals surface area contributed by atoms with Crippen LogP contribution in [0.2, 0.25) is 0 Å². The van der Waals surface area contributed by atoms with E-state index in [1.807, 2.05) is 0 Å². The standard InChI is InChI=1S/C12H20O4.H3N/c1-2-3-4-5-6-7-8-10(12(15)16)9-11(13)14;/h7-8,10H,2-6,9H2,1H3,(H,13,14)(H,15,16);1H3. The zero-order valence-corrected chi connectivity index (χ0v) is 10.4. The van der Waals surface area contributed by atoms with E-state index in [4.69, 9.17) is 10.2 Å². The Morgan fingerprint density at radius 1 is 1.18 bits per heavy atom. The highest BCUT2D eigenvalue weighted by Gasteiger charge is 2.17. The van der Waals surface area contributed by atoms with Crippen molar-refractivity contribution in [2.75, 3.05) is 0 Å². The Kier molecular flexibility index (Phi) is 11.8. The summed E-state index contributed by atoms with van der Waals surface area (Å²) >= 11 is 0. The van der Waals surface area contributed by atoms with Gasteiger partial charge in [-0.05, 0) is 12.8 Å². The summed E-state index contributed by atoms with van der Waals surface area (Å²) < 4.78 is 0. The van der Waals surface area contributed by atoms with Crippen molar-refractivity contribution in [1.82, 2.24) is 6.15 Å². The maximum absolute atomic E-state index is 10.7. The average Bonchev–Trinajstić information content (AvgIpc) is 2.20. The highest BCUT2D eigenvalue weighted by atomic mass is 16.4. The largest absolute Gasteiger partial charge is 0.481 e. The first-order valence-corrected chi connectivity index (χ1v) is 5.69. The van der Waals surface area contributed by atoms with Crippen LogP contribution >= 0.6 is 0 Å². The number of rotatable bonds is 9. The van der Waals surface area contributed by atoms with Crippen LogP contribution in [-0.2, 0) is 9.59 Å². The van der Waals surface area contributed by atoms with Crippen LogP contribution < -0.4 is 6.15 Å². The van der Waals surface area contributed by atoms with Gasteiger partial charge in [-0.2, -0.15) is 0 Å². The van der Waals surface area contributed by atoms with Gasteiger partial charge in [0.15, 0.2) is 0 Å². The molecule has 0 aromatic heterocycles. The summed E-state index contributed by atoms with van der Waals surface area (Å²) in [6.07, 6.45) is 8.26. The van der Waals surface area contributed by atoms with Crippen molar-refractivity contribution in [2.45, 2.75) is 45.4 Å². The Labute approximate surface area is 102 Å². The molecular weight excluding hydrogens is 222 g/mol. The molecule has 0 aromatic carbocycles. The molecule has 0 rings (SSSR count). The van der Waals surface area contributed by atoms with Gasteiger partial charge in [-0.15, -0.1) is 0 Å². The van der Waals surface area contributed by atoms with Crippen molar-refractivity contribution < 1.29 is 19.8 Å². The molecule has 0 fully saturated rings. The van der Waals surface area contributed by atoms with Gasteiger partial charge in [-0.3, -0.25) is 9.59 Å². The molecule has 0 radical (unpaired) electrons. The SMILES string of the molecule is CCCCCCC=CC(CC(=O)O)C(=O)O.N. The fraction of sp³-hybridized carbons (Fsp3) is 0.667. The quantitative estimate of drug-likeness (QED) is 0.427. The summed E-state index contributed by atoms with van der Waals surface area (Å²) in [5.74, 6) is -3.06. The molecule has 100 valence electrons. The number of aliphatic carboxylic acids is 2. The monoisotopic (exact) mass is 245 g/mol. The van der Waals surface area contributed by atoms with Crippen molar-refractivity contribution in [2.24, 2.45) is 5.92 Å². The first-order valence-electron chi connectivity index (χ1n) is 5.69. The summed E-state index contributed by atoms with van der Waals surface area (Å²) in [6, 6.07) is 0. The fourth-order valence-electron chi connectivity index (χ4n) is 1.38. The number of carboxylic acids is 2. The lowest BCUT2D eigenvalue weighted by Gasteiger charge is -2.03. The van der Waals surface area contributed by atoms with E-state index in [-0.39, 0.29) is 12.6 Å². The number of hydrogen-bond donors (Lipinski definition) is 3. The molecule has 0 spiro atoms. The summed E-state index contributed by atoms with van der Waals surface area (Å²) in [5, 5.41) is 17.3. The summed E-state index contributed by atoms with van der Waals surface area (Å²) in [7, 11) is 0. The molecule has 5 heteroatoms. The molecule has 5 N–H and O–H groups in total. The Bertz CT molecular complexity index is 251. The highest BCUT2D eigenvalue weighted by molar-refractivity contribution is 5.79. The Balaban J connectivity index is 0. The maximum atomic E-state index is 10.7. The van der Waals surface area contributed by atoms with Gasteiger partial charge >= 0.3 is 11.9 Å². The summed E-state index contributed by atoms with van der Waals surface area (Å²) in [4.78, 5) is 21.1. The Morgan fingerprint density at radius 3 is 2.29 bits per heavy atom. The van der Waals surface area contributed by atoms with Gasteiger partial charge in [-0.25, -0.2) is 0 Å². The third-order valence-corrected chi connectivity index (χ3v) is 2.30. The van der Waals surface area contributed by atoms with E-state index in [1.54, 1.807) is 6.08 Å². The normalized spacial score (nSPS) is 12.1. The van der Waals surface area contributed by atoms with Crippen LogP contribution in [0.5, 0.6) is 0 Å². The molecular formula is C12H23NO4. The predicted molar refractivity (Wildman–Crippen MR) is 66.3 cm³/mol. The topological polar surface area (TPSA) is 110 Å². The lowest BCUT2D eigenvalue weighted by molar-refractivity contribution is -0.146. The minimum absolute atomic E-state index is 0. The third-order valence-electron chi connectivity index (χ3n) is 2.30. The number of unbranched alkanes of at least 4 members (excludes halogenated alkanes) is 4. The van der Waals surface area contributed by atoms with E-state index in [1.165, 1.54) is 18.9 Å². The average molecular weight is 245 g/mol. The van der Waals surface area contributed by atoms with Crippen LogP contribution in [0.15, 0.2) is 12.2 Å². The molecule has 1 atom stereocenters. The van der Waals surface area contributed by atoms with Gasteiger partial charge in [0, 0.05) is 0 Å². The number of hydrogen-bond acceptors (Lipinski definition) is 3. The van der Waals surface area contributed by atoms with E-state index in [0.717, 1.165) is 19.3 Å². The van der Waals surface area contributed by atoms with Gasteiger partial charge < -0.3 is 16.4 Å².